The van der Waals surface area contributed by atoms with E-state index < -0.39 is 6.10 Å². The number of aliphatic hydroxyl groups excluding tert-OH is 2. The van der Waals surface area contributed by atoms with E-state index in [0.717, 1.165) is 6.42 Å². The summed E-state index contributed by atoms with van der Waals surface area (Å²) in [5.41, 5.74) is 0. The van der Waals surface area contributed by atoms with E-state index in [4.69, 9.17) is 5.11 Å². The monoisotopic (exact) mass is 187 g/mol. The fraction of sp³-hybridized carbons (Fsp3) is 0.889. The lowest BCUT2D eigenvalue weighted by molar-refractivity contribution is -0.133. The maximum atomic E-state index is 11.5. The van der Waals surface area contributed by atoms with E-state index in [1.807, 2.05) is 6.92 Å². The minimum Gasteiger partial charge on any atom is -0.394 e. The predicted octanol–water partition coefficient (Wildman–Crippen LogP) is -0.259. The van der Waals surface area contributed by atoms with Gasteiger partial charge in [-0.3, -0.25) is 4.79 Å². The van der Waals surface area contributed by atoms with Gasteiger partial charge in [0, 0.05) is 13.0 Å². The van der Waals surface area contributed by atoms with Gasteiger partial charge in [0.05, 0.1) is 18.8 Å². The number of hydrogen-bond donors (Lipinski definition) is 2. The van der Waals surface area contributed by atoms with Crippen molar-refractivity contribution in [1.29, 1.82) is 0 Å². The van der Waals surface area contributed by atoms with Crippen LogP contribution in [0.1, 0.15) is 26.2 Å². The summed E-state index contributed by atoms with van der Waals surface area (Å²) in [6, 6.07) is -0.376. The Hall–Kier alpha value is -0.610. The average molecular weight is 187 g/mol. The lowest BCUT2D eigenvalue weighted by atomic mass is 10.2. The van der Waals surface area contributed by atoms with Crippen LogP contribution in [0, 0.1) is 0 Å². The molecular formula is C9H17NO3. The van der Waals surface area contributed by atoms with Gasteiger partial charge < -0.3 is 15.1 Å². The maximum Gasteiger partial charge on any atom is 0.222 e. The molecule has 13 heavy (non-hydrogen) atoms. The number of rotatable bonds is 3. The van der Waals surface area contributed by atoms with Gasteiger partial charge in [-0.05, 0) is 12.8 Å². The molecule has 4 nitrogen and oxygen atoms in total. The van der Waals surface area contributed by atoms with E-state index in [1.165, 1.54) is 0 Å². The smallest absolute Gasteiger partial charge is 0.222 e. The molecule has 4 heteroatoms. The second-order valence-electron chi connectivity index (χ2n) is 3.44. The molecule has 1 rings (SSSR count). The van der Waals surface area contributed by atoms with Gasteiger partial charge in [0.15, 0.2) is 0 Å². The van der Waals surface area contributed by atoms with Crippen LogP contribution in [-0.2, 0) is 4.79 Å². The summed E-state index contributed by atoms with van der Waals surface area (Å²) in [7, 11) is 0. The van der Waals surface area contributed by atoms with Crippen LogP contribution in [0.2, 0.25) is 0 Å². The summed E-state index contributed by atoms with van der Waals surface area (Å²) in [5.74, 6) is 0.0399. The average Bonchev–Trinajstić information content (AvgIpc) is 2.47. The third-order valence-electron chi connectivity index (χ3n) is 2.48. The van der Waals surface area contributed by atoms with Gasteiger partial charge in [0.25, 0.3) is 0 Å². The topological polar surface area (TPSA) is 60.8 Å². The molecule has 76 valence electrons. The lowest BCUT2D eigenvalue weighted by Gasteiger charge is -2.24. The van der Waals surface area contributed by atoms with Crippen LogP contribution in [-0.4, -0.2) is 46.3 Å². The largest absolute Gasteiger partial charge is 0.394 e. The molecule has 1 fully saturated rings. The molecular weight excluding hydrogens is 170 g/mol. The highest BCUT2D eigenvalue weighted by molar-refractivity contribution is 5.76. The quantitative estimate of drug-likeness (QED) is 0.640. The van der Waals surface area contributed by atoms with Crippen LogP contribution in [0.15, 0.2) is 0 Å². The fourth-order valence-electron chi connectivity index (χ4n) is 1.72. The Kier molecular flexibility index (Phi) is 3.69. The standard InChI is InChI=1S/C9H17NO3/c1-2-3-9(13)10-5-4-8(12)7(10)6-11/h7-8,11-12H,2-6H2,1H3/t7-,8+/m0/s1. The molecule has 0 spiro atoms. The van der Waals surface area contributed by atoms with Crippen LogP contribution < -0.4 is 0 Å². The molecule has 0 radical (unpaired) electrons. The van der Waals surface area contributed by atoms with Crippen LogP contribution in [0.4, 0.5) is 0 Å². The number of amides is 1. The van der Waals surface area contributed by atoms with E-state index in [-0.39, 0.29) is 18.6 Å². The Balaban J connectivity index is 2.54. The third kappa shape index (κ3) is 2.19. The Labute approximate surface area is 78.2 Å². The molecule has 1 saturated heterocycles. The Morgan fingerprint density at radius 1 is 1.62 bits per heavy atom. The maximum absolute atomic E-state index is 11.5. The van der Waals surface area contributed by atoms with E-state index in [9.17, 15) is 9.90 Å². The molecule has 1 heterocycles. The molecule has 1 aliphatic rings. The highest BCUT2D eigenvalue weighted by Gasteiger charge is 2.34. The van der Waals surface area contributed by atoms with E-state index in [0.29, 0.717) is 19.4 Å². The SMILES string of the molecule is CCCC(=O)N1CC[C@@H](O)[C@@H]1CO. The van der Waals surface area contributed by atoms with E-state index in [1.54, 1.807) is 4.90 Å². The van der Waals surface area contributed by atoms with Gasteiger partial charge in [-0.15, -0.1) is 0 Å². The minimum atomic E-state index is -0.550. The van der Waals surface area contributed by atoms with Crippen molar-refractivity contribution in [3.05, 3.63) is 0 Å². The summed E-state index contributed by atoms with van der Waals surface area (Å²) < 4.78 is 0. The van der Waals surface area contributed by atoms with Gasteiger partial charge in [-0.1, -0.05) is 6.92 Å². The molecule has 0 aromatic heterocycles. The number of aliphatic hydroxyl groups is 2. The molecule has 1 aliphatic heterocycles. The lowest BCUT2D eigenvalue weighted by Crippen LogP contribution is -2.41. The van der Waals surface area contributed by atoms with Crippen molar-refractivity contribution >= 4 is 5.91 Å². The van der Waals surface area contributed by atoms with Crippen molar-refractivity contribution in [3.8, 4) is 0 Å². The van der Waals surface area contributed by atoms with Crippen molar-refractivity contribution < 1.29 is 15.0 Å². The number of hydrogen-bond acceptors (Lipinski definition) is 3. The van der Waals surface area contributed by atoms with Gasteiger partial charge in [-0.2, -0.15) is 0 Å². The first-order chi connectivity index (χ1) is 6.20. The van der Waals surface area contributed by atoms with E-state index >= 15 is 0 Å². The van der Waals surface area contributed by atoms with Crippen LogP contribution >= 0.6 is 0 Å². The first kappa shape index (κ1) is 10.5. The molecule has 2 atom stereocenters. The predicted molar refractivity (Wildman–Crippen MR) is 48.1 cm³/mol. The zero-order valence-electron chi connectivity index (χ0n) is 7.94. The Morgan fingerprint density at radius 3 is 2.85 bits per heavy atom. The molecule has 0 aromatic rings. The van der Waals surface area contributed by atoms with Crippen LogP contribution in [0.25, 0.3) is 0 Å². The first-order valence-electron chi connectivity index (χ1n) is 4.79. The molecule has 0 saturated carbocycles. The zero-order chi connectivity index (χ0) is 9.84. The highest BCUT2D eigenvalue weighted by atomic mass is 16.3. The van der Waals surface area contributed by atoms with Crippen molar-refractivity contribution in [2.24, 2.45) is 0 Å². The summed E-state index contributed by atoms with van der Waals surface area (Å²) >= 11 is 0. The minimum absolute atomic E-state index is 0.0399. The molecule has 0 unspecified atom stereocenters. The fourth-order valence-corrected chi connectivity index (χ4v) is 1.72. The highest BCUT2D eigenvalue weighted by Crippen LogP contribution is 2.18. The molecule has 1 amide bonds. The van der Waals surface area contributed by atoms with Crippen LogP contribution in [0.3, 0.4) is 0 Å². The van der Waals surface area contributed by atoms with Crippen molar-refractivity contribution in [3.63, 3.8) is 0 Å². The normalized spacial score (nSPS) is 28.1. The molecule has 0 aliphatic carbocycles. The Bertz CT molecular complexity index is 184. The summed E-state index contributed by atoms with van der Waals surface area (Å²) in [4.78, 5) is 13.1. The van der Waals surface area contributed by atoms with Gasteiger partial charge in [0.1, 0.15) is 0 Å². The van der Waals surface area contributed by atoms with Crippen molar-refractivity contribution in [2.45, 2.75) is 38.3 Å². The molecule has 2 N–H and O–H groups in total. The third-order valence-corrected chi connectivity index (χ3v) is 2.48. The first-order valence-corrected chi connectivity index (χ1v) is 4.79. The van der Waals surface area contributed by atoms with Crippen molar-refractivity contribution in [1.82, 2.24) is 4.90 Å². The number of likely N-dealkylation sites (tertiary alicyclic amines) is 1. The second-order valence-corrected chi connectivity index (χ2v) is 3.44. The van der Waals surface area contributed by atoms with Gasteiger partial charge in [-0.25, -0.2) is 0 Å². The Morgan fingerprint density at radius 2 is 2.31 bits per heavy atom. The van der Waals surface area contributed by atoms with Crippen LogP contribution in [0.5, 0.6) is 0 Å². The van der Waals surface area contributed by atoms with Crippen molar-refractivity contribution in [2.75, 3.05) is 13.2 Å². The summed E-state index contributed by atoms with van der Waals surface area (Å²) in [5, 5.41) is 18.4. The summed E-state index contributed by atoms with van der Waals surface area (Å²) in [6.07, 6.45) is 1.35. The van der Waals surface area contributed by atoms with E-state index in [2.05, 4.69) is 0 Å². The molecule has 0 bridgehead atoms. The summed E-state index contributed by atoms with van der Waals surface area (Å²) in [6.45, 7) is 2.38. The number of carbonyl (C=O) groups is 1. The molecule has 0 aromatic carbocycles. The van der Waals surface area contributed by atoms with Gasteiger partial charge in [0.2, 0.25) is 5.91 Å². The van der Waals surface area contributed by atoms with Gasteiger partial charge >= 0.3 is 0 Å². The second kappa shape index (κ2) is 4.58. The zero-order valence-corrected chi connectivity index (χ0v) is 7.94. The number of nitrogens with zero attached hydrogens (tertiary/aromatic N) is 1. The number of carbonyl (C=O) groups excluding carboxylic acids is 1.